The fourth-order valence-corrected chi connectivity index (χ4v) is 4.73. The zero-order chi connectivity index (χ0) is 27.4. The Labute approximate surface area is 223 Å². The van der Waals surface area contributed by atoms with Gasteiger partial charge in [-0.15, -0.1) is 0 Å². The van der Waals surface area contributed by atoms with E-state index >= 15 is 0 Å². The third kappa shape index (κ3) is 5.91. The average molecular weight is 512 g/mol. The number of hydrazine groups is 2. The molecule has 0 atom stereocenters. The molecule has 2 aromatic carbocycles. The molecule has 0 aliphatic carbocycles. The van der Waals surface area contributed by atoms with E-state index in [1.807, 2.05) is 44.7 Å². The SMILES string of the molecule is CC(N=CC1=C(N)CN(C2=C(C#N)CN(C(=O)c3ccc(NNN)c(C)c3)C2)C1)=Nc1cc(C)cc(C)c1. The van der Waals surface area contributed by atoms with Gasteiger partial charge in [-0.3, -0.25) is 10.6 Å². The second-order valence-corrected chi connectivity index (χ2v) is 9.67. The highest BCUT2D eigenvalue weighted by molar-refractivity contribution is 5.96. The minimum atomic E-state index is -0.136. The molecule has 2 aliphatic heterocycles. The van der Waals surface area contributed by atoms with Crippen molar-refractivity contribution in [3.05, 3.63) is 81.2 Å². The van der Waals surface area contributed by atoms with Crippen LogP contribution in [-0.4, -0.2) is 53.9 Å². The van der Waals surface area contributed by atoms with E-state index in [-0.39, 0.29) is 12.5 Å². The van der Waals surface area contributed by atoms with Crippen molar-refractivity contribution in [1.82, 2.24) is 15.3 Å². The van der Waals surface area contributed by atoms with E-state index in [4.69, 9.17) is 11.6 Å². The van der Waals surface area contributed by atoms with Gasteiger partial charge in [-0.2, -0.15) is 10.8 Å². The van der Waals surface area contributed by atoms with Crippen molar-refractivity contribution in [2.75, 3.05) is 31.6 Å². The molecule has 0 unspecified atom stereocenters. The van der Waals surface area contributed by atoms with Gasteiger partial charge in [0.25, 0.3) is 5.91 Å². The molecule has 0 saturated heterocycles. The van der Waals surface area contributed by atoms with Gasteiger partial charge in [0.2, 0.25) is 0 Å². The quantitative estimate of drug-likeness (QED) is 0.202. The lowest BCUT2D eigenvalue weighted by Crippen LogP contribution is -2.32. The molecule has 196 valence electrons. The van der Waals surface area contributed by atoms with E-state index in [0.29, 0.717) is 42.3 Å². The van der Waals surface area contributed by atoms with Gasteiger partial charge in [-0.05, 0) is 74.7 Å². The summed E-state index contributed by atoms with van der Waals surface area (Å²) in [7, 11) is 0. The zero-order valence-corrected chi connectivity index (χ0v) is 22.2. The molecule has 4 rings (SSSR count). The van der Waals surface area contributed by atoms with Crippen LogP contribution in [0.4, 0.5) is 11.4 Å². The molecule has 0 saturated carbocycles. The Bertz CT molecular complexity index is 1410. The molecule has 0 spiro atoms. The van der Waals surface area contributed by atoms with Gasteiger partial charge in [0, 0.05) is 35.3 Å². The Morgan fingerprint density at radius 3 is 2.47 bits per heavy atom. The molecule has 2 aliphatic rings. The van der Waals surface area contributed by atoms with Gasteiger partial charge < -0.3 is 21.0 Å². The molecule has 0 bridgehead atoms. The van der Waals surface area contributed by atoms with Crippen LogP contribution in [0.25, 0.3) is 0 Å². The van der Waals surface area contributed by atoms with Crippen LogP contribution in [-0.2, 0) is 0 Å². The number of nitrogens with zero attached hydrogens (tertiary/aromatic N) is 5. The number of hydrogen-bond donors (Lipinski definition) is 4. The Balaban J connectivity index is 1.43. The summed E-state index contributed by atoms with van der Waals surface area (Å²) in [6.45, 7) is 9.42. The predicted molar refractivity (Wildman–Crippen MR) is 151 cm³/mol. The monoisotopic (exact) mass is 511 g/mol. The topological polar surface area (TPSA) is 148 Å². The number of aliphatic imine (C=N–C) groups is 2. The number of hydrogen-bond acceptors (Lipinski definition) is 8. The van der Waals surface area contributed by atoms with Crippen LogP contribution in [0.5, 0.6) is 0 Å². The van der Waals surface area contributed by atoms with Crippen molar-refractivity contribution >= 4 is 29.3 Å². The number of carbonyl (C=O) groups is 1. The van der Waals surface area contributed by atoms with Crippen LogP contribution >= 0.6 is 0 Å². The summed E-state index contributed by atoms with van der Waals surface area (Å²) >= 11 is 0. The minimum Gasteiger partial charge on any atom is -0.400 e. The Morgan fingerprint density at radius 2 is 1.82 bits per heavy atom. The number of benzene rings is 2. The number of nitrogens with two attached hydrogens (primary N) is 2. The lowest BCUT2D eigenvalue weighted by molar-refractivity contribution is 0.0792. The van der Waals surface area contributed by atoms with Crippen molar-refractivity contribution in [3.8, 4) is 6.07 Å². The minimum absolute atomic E-state index is 0.136. The molecule has 10 nitrogen and oxygen atoms in total. The Hall–Kier alpha value is -4.46. The molecular formula is C28H33N9O. The summed E-state index contributed by atoms with van der Waals surface area (Å²) < 4.78 is 0. The maximum absolute atomic E-state index is 13.2. The van der Waals surface area contributed by atoms with Crippen molar-refractivity contribution in [2.24, 2.45) is 21.6 Å². The van der Waals surface area contributed by atoms with Gasteiger partial charge in [0.05, 0.1) is 42.7 Å². The van der Waals surface area contributed by atoms with Gasteiger partial charge in [0.15, 0.2) is 0 Å². The molecule has 10 heteroatoms. The molecule has 2 aromatic rings. The van der Waals surface area contributed by atoms with E-state index < -0.39 is 0 Å². The molecule has 38 heavy (non-hydrogen) atoms. The smallest absolute Gasteiger partial charge is 0.254 e. The van der Waals surface area contributed by atoms with E-state index in [2.05, 4.69) is 33.1 Å². The molecule has 0 radical (unpaired) electrons. The normalized spacial score (nSPS) is 16.2. The Morgan fingerprint density at radius 1 is 1.08 bits per heavy atom. The second kappa shape index (κ2) is 11.3. The first-order valence-electron chi connectivity index (χ1n) is 12.3. The number of carbonyl (C=O) groups excluding carboxylic acids is 1. The first kappa shape index (κ1) is 26.6. The predicted octanol–water partition coefficient (Wildman–Crippen LogP) is 2.98. The van der Waals surface area contributed by atoms with Gasteiger partial charge in [-0.25, -0.2) is 9.98 Å². The number of amides is 1. The van der Waals surface area contributed by atoms with Crippen LogP contribution in [0.3, 0.4) is 0 Å². The molecule has 1 amide bonds. The number of nitrogens with one attached hydrogen (secondary N) is 2. The highest BCUT2D eigenvalue weighted by Gasteiger charge is 2.32. The average Bonchev–Trinajstić information content (AvgIpc) is 3.46. The molecule has 2 heterocycles. The highest BCUT2D eigenvalue weighted by Crippen LogP contribution is 2.27. The lowest BCUT2D eigenvalue weighted by Gasteiger charge is -2.22. The fourth-order valence-electron chi connectivity index (χ4n) is 4.73. The van der Waals surface area contributed by atoms with Crippen LogP contribution in [0, 0.1) is 32.1 Å². The van der Waals surface area contributed by atoms with E-state index in [1.165, 1.54) is 0 Å². The largest absolute Gasteiger partial charge is 0.400 e. The maximum Gasteiger partial charge on any atom is 0.254 e. The van der Waals surface area contributed by atoms with E-state index in [1.54, 1.807) is 29.3 Å². The first-order chi connectivity index (χ1) is 18.2. The second-order valence-electron chi connectivity index (χ2n) is 9.67. The third-order valence-corrected chi connectivity index (χ3v) is 6.56. The zero-order valence-electron chi connectivity index (χ0n) is 22.2. The van der Waals surface area contributed by atoms with Gasteiger partial charge in [0.1, 0.15) is 5.84 Å². The fraction of sp³-hybridized carbons (Fsp3) is 0.286. The first-order valence-corrected chi connectivity index (χ1v) is 12.3. The Kier molecular flexibility index (Phi) is 7.90. The summed E-state index contributed by atoms with van der Waals surface area (Å²) in [5, 5.41) is 9.81. The van der Waals surface area contributed by atoms with Crippen LogP contribution in [0.15, 0.2) is 68.9 Å². The van der Waals surface area contributed by atoms with Crippen LogP contribution in [0.1, 0.15) is 34.0 Å². The van der Waals surface area contributed by atoms with E-state index in [0.717, 1.165) is 39.3 Å². The molecular weight excluding hydrogens is 478 g/mol. The van der Waals surface area contributed by atoms with Crippen LogP contribution in [0.2, 0.25) is 0 Å². The van der Waals surface area contributed by atoms with E-state index in [9.17, 15) is 10.1 Å². The standard InChI is InChI=1S/C28H33N9O/c1-17-7-18(2)9-24(8-17)33-20(4)32-12-23-14-36(15-25(23)30)27-16-37(13-22(27)11-29)28(38)21-5-6-26(34-35-31)19(3)10-21/h5-10,12,34-35H,13-16,30-31H2,1-4H3. The number of anilines is 1. The summed E-state index contributed by atoms with van der Waals surface area (Å²) in [6.07, 6.45) is 1.75. The number of rotatable bonds is 6. The van der Waals surface area contributed by atoms with Crippen molar-refractivity contribution < 1.29 is 4.79 Å². The maximum atomic E-state index is 13.2. The van der Waals surface area contributed by atoms with Gasteiger partial charge >= 0.3 is 0 Å². The number of nitriles is 1. The number of aryl methyl sites for hydroxylation is 3. The number of amidine groups is 1. The molecule has 6 N–H and O–H groups in total. The molecule has 0 aromatic heterocycles. The van der Waals surface area contributed by atoms with Crippen molar-refractivity contribution in [2.45, 2.75) is 27.7 Å². The van der Waals surface area contributed by atoms with Crippen molar-refractivity contribution in [3.63, 3.8) is 0 Å². The lowest BCUT2D eigenvalue weighted by atomic mass is 10.1. The summed E-state index contributed by atoms with van der Waals surface area (Å²) in [6, 6.07) is 13.8. The highest BCUT2D eigenvalue weighted by atomic mass is 16.2. The third-order valence-electron chi connectivity index (χ3n) is 6.56. The summed E-state index contributed by atoms with van der Waals surface area (Å²) in [5.41, 5.74) is 19.9. The summed E-state index contributed by atoms with van der Waals surface area (Å²) in [5.74, 6) is 5.81. The van der Waals surface area contributed by atoms with Gasteiger partial charge in [-0.1, -0.05) is 6.07 Å². The molecule has 0 fully saturated rings. The van der Waals surface area contributed by atoms with Crippen LogP contribution < -0.4 is 22.5 Å². The van der Waals surface area contributed by atoms with Crippen molar-refractivity contribution in [1.29, 1.82) is 5.26 Å². The summed E-state index contributed by atoms with van der Waals surface area (Å²) in [4.78, 5) is 26.1.